The highest BCUT2D eigenvalue weighted by atomic mass is 35.5. The largest absolute Gasteiger partial charge is 0.382 e. The first kappa shape index (κ1) is 13.6. The number of hydrogen-bond donors (Lipinski definition) is 2. The van der Waals surface area contributed by atoms with Crippen molar-refractivity contribution in [1.29, 1.82) is 0 Å². The molecule has 0 fully saturated rings. The molecule has 92 valence electrons. The standard InChI is InChI=1S/C13H17N3.ClH/c1-2-3-4-10-5-7-11(8-6-10)12-9-13(14)16-15-12;/h5-9H,2-4H2,1H3,(H3,14,15,16);1H. The SMILES string of the molecule is CCCCc1ccc(-c2cc(N)n[nH]2)cc1.Cl. The van der Waals surface area contributed by atoms with Gasteiger partial charge in [-0.1, -0.05) is 37.6 Å². The fraction of sp³-hybridized carbons (Fsp3) is 0.308. The summed E-state index contributed by atoms with van der Waals surface area (Å²) in [5.41, 5.74) is 9.06. The first-order chi connectivity index (χ1) is 7.79. The molecule has 0 amide bonds. The Balaban J connectivity index is 0.00000144. The smallest absolute Gasteiger partial charge is 0.145 e. The lowest BCUT2D eigenvalue weighted by atomic mass is 10.1. The van der Waals surface area contributed by atoms with E-state index in [0.29, 0.717) is 5.82 Å². The summed E-state index contributed by atoms with van der Waals surface area (Å²) < 4.78 is 0. The summed E-state index contributed by atoms with van der Waals surface area (Å²) in [5.74, 6) is 0.532. The summed E-state index contributed by atoms with van der Waals surface area (Å²) in [5, 5.41) is 6.83. The molecule has 3 nitrogen and oxygen atoms in total. The van der Waals surface area contributed by atoms with E-state index in [1.165, 1.54) is 18.4 Å². The van der Waals surface area contributed by atoms with Crippen LogP contribution in [-0.2, 0) is 6.42 Å². The average Bonchev–Trinajstić information content (AvgIpc) is 2.74. The third-order valence-electron chi connectivity index (χ3n) is 2.68. The van der Waals surface area contributed by atoms with Gasteiger partial charge < -0.3 is 5.73 Å². The van der Waals surface area contributed by atoms with Gasteiger partial charge in [-0.25, -0.2) is 0 Å². The molecule has 0 unspecified atom stereocenters. The lowest BCUT2D eigenvalue weighted by Crippen LogP contribution is -1.85. The first-order valence-corrected chi connectivity index (χ1v) is 5.70. The lowest BCUT2D eigenvalue weighted by molar-refractivity contribution is 0.795. The minimum atomic E-state index is 0. The van der Waals surface area contributed by atoms with E-state index in [1.54, 1.807) is 0 Å². The molecule has 1 aromatic carbocycles. The van der Waals surface area contributed by atoms with Gasteiger partial charge in [-0.05, 0) is 24.0 Å². The molecule has 0 aliphatic heterocycles. The number of benzene rings is 1. The Bertz CT molecular complexity index is 448. The Kier molecular flexibility index (Phi) is 5.04. The molecule has 0 spiro atoms. The number of unbranched alkanes of at least 4 members (excludes halogenated alkanes) is 1. The fourth-order valence-corrected chi connectivity index (χ4v) is 1.72. The van der Waals surface area contributed by atoms with Crippen molar-refractivity contribution in [2.75, 3.05) is 5.73 Å². The fourth-order valence-electron chi connectivity index (χ4n) is 1.72. The number of H-pyrrole nitrogens is 1. The number of rotatable bonds is 4. The topological polar surface area (TPSA) is 54.7 Å². The van der Waals surface area contributed by atoms with E-state index >= 15 is 0 Å². The summed E-state index contributed by atoms with van der Waals surface area (Å²) in [7, 11) is 0. The molecule has 1 aromatic heterocycles. The second kappa shape index (κ2) is 6.30. The van der Waals surface area contributed by atoms with Crippen LogP contribution in [0.5, 0.6) is 0 Å². The van der Waals surface area contributed by atoms with Crippen LogP contribution in [0.1, 0.15) is 25.3 Å². The molecule has 1 heterocycles. The first-order valence-electron chi connectivity index (χ1n) is 5.70. The zero-order chi connectivity index (χ0) is 11.4. The van der Waals surface area contributed by atoms with Gasteiger partial charge >= 0.3 is 0 Å². The predicted octanol–water partition coefficient (Wildman–Crippen LogP) is 3.42. The molecule has 0 bridgehead atoms. The highest BCUT2D eigenvalue weighted by Gasteiger charge is 2.01. The Morgan fingerprint density at radius 1 is 1.24 bits per heavy atom. The molecule has 0 saturated carbocycles. The van der Waals surface area contributed by atoms with Crippen LogP contribution in [-0.4, -0.2) is 10.2 Å². The van der Waals surface area contributed by atoms with Crippen LogP contribution >= 0.6 is 12.4 Å². The van der Waals surface area contributed by atoms with E-state index in [4.69, 9.17) is 5.73 Å². The molecule has 2 aromatic rings. The summed E-state index contributed by atoms with van der Waals surface area (Å²) in [6, 6.07) is 10.4. The third kappa shape index (κ3) is 3.49. The summed E-state index contributed by atoms with van der Waals surface area (Å²) in [4.78, 5) is 0. The molecule has 17 heavy (non-hydrogen) atoms. The quantitative estimate of drug-likeness (QED) is 0.875. The van der Waals surface area contributed by atoms with Gasteiger partial charge in [0.25, 0.3) is 0 Å². The summed E-state index contributed by atoms with van der Waals surface area (Å²) in [6.45, 7) is 2.21. The van der Waals surface area contributed by atoms with Gasteiger partial charge in [0.15, 0.2) is 0 Å². The number of aromatic nitrogens is 2. The van der Waals surface area contributed by atoms with Crippen molar-refractivity contribution in [3.05, 3.63) is 35.9 Å². The number of nitrogens with zero attached hydrogens (tertiary/aromatic N) is 1. The number of halogens is 1. The molecule has 0 saturated heterocycles. The number of nitrogens with one attached hydrogen (secondary N) is 1. The molecule has 4 heteroatoms. The van der Waals surface area contributed by atoms with Crippen LogP contribution in [0.2, 0.25) is 0 Å². The Hall–Kier alpha value is -1.48. The van der Waals surface area contributed by atoms with Gasteiger partial charge in [-0.2, -0.15) is 5.10 Å². The van der Waals surface area contributed by atoms with Crippen LogP contribution in [0, 0.1) is 0 Å². The summed E-state index contributed by atoms with van der Waals surface area (Å²) >= 11 is 0. The minimum Gasteiger partial charge on any atom is -0.382 e. The van der Waals surface area contributed by atoms with Crippen LogP contribution in [0.15, 0.2) is 30.3 Å². The number of nitrogen functional groups attached to an aromatic ring is 1. The van der Waals surface area contributed by atoms with Crippen molar-refractivity contribution >= 4 is 18.2 Å². The monoisotopic (exact) mass is 251 g/mol. The van der Waals surface area contributed by atoms with Crippen LogP contribution in [0.4, 0.5) is 5.82 Å². The van der Waals surface area contributed by atoms with Crippen molar-refractivity contribution in [2.24, 2.45) is 0 Å². The number of aromatic amines is 1. The van der Waals surface area contributed by atoms with E-state index in [0.717, 1.165) is 17.7 Å². The number of hydrogen-bond acceptors (Lipinski definition) is 2. The van der Waals surface area contributed by atoms with Gasteiger partial charge in [0.05, 0.1) is 5.69 Å². The van der Waals surface area contributed by atoms with Crippen LogP contribution in [0.3, 0.4) is 0 Å². The molecule has 0 radical (unpaired) electrons. The van der Waals surface area contributed by atoms with Gasteiger partial charge in [-0.3, -0.25) is 5.10 Å². The molecule has 0 aliphatic rings. The predicted molar refractivity (Wildman–Crippen MR) is 74.3 cm³/mol. The lowest BCUT2D eigenvalue weighted by Gasteiger charge is -2.01. The van der Waals surface area contributed by atoms with Crippen molar-refractivity contribution in [1.82, 2.24) is 10.2 Å². The molecular weight excluding hydrogens is 234 g/mol. The van der Waals surface area contributed by atoms with E-state index in [2.05, 4.69) is 41.4 Å². The third-order valence-corrected chi connectivity index (χ3v) is 2.68. The molecule has 2 rings (SSSR count). The van der Waals surface area contributed by atoms with Gasteiger partial charge in [0.1, 0.15) is 5.82 Å². The Morgan fingerprint density at radius 3 is 2.47 bits per heavy atom. The molecular formula is C13H18ClN3. The molecule has 0 aliphatic carbocycles. The minimum absolute atomic E-state index is 0. The Morgan fingerprint density at radius 2 is 1.94 bits per heavy atom. The maximum absolute atomic E-state index is 5.57. The van der Waals surface area contributed by atoms with E-state index < -0.39 is 0 Å². The number of anilines is 1. The van der Waals surface area contributed by atoms with E-state index in [-0.39, 0.29) is 12.4 Å². The number of nitrogens with two attached hydrogens (primary N) is 1. The Labute approximate surface area is 108 Å². The van der Waals surface area contributed by atoms with Gasteiger partial charge in [-0.15, -0.1) is 12.4 Å². The van der Waals surface area contributed by atoms with Crippen LogP contribution < -0.4 is 5.73 Å². The average molecular weight is 252 g/mol. The van der Waals surface area contributed by atoms with Crippen molar-refractivity contribution < 1.29 is 0 Å². The van der Waals surface area contributed by atoms with Crippen LogP contribution in [0.25, 0.3) is 11.3 Å². The second-order valence-corrected chi connectivity index (χ2v) is 4.01. The highest BCUT2D eigenvalue weighted by molar-refractivity contribution is 5.85. The van der Waals surface area contributed by atoms with Crippen molar-refractivity contribution in [2.45, 2.75) is 26.2 Å². The summed E-state index contributed by atoms with van der Waals surface area (Å²) in [6.07, 6.45) is 3.64. The maximum Gasteiger partial charge on any atom is 0.145 e. The van der Waals surface area contributed by atoms with Crippen molar-refractivity contribution in [3.8, 4) is 11.3 Å². The van der Waals surface area contributed by atoms with E-state index in [9.17, 15) is 0 Å². The van der Waals surface area contributed by atoms with Gasteiger partial charge in [0.2, 0.25) is 0 Å². The number of aryl methyl sites for hydroxylation is 1. The zero-order valence-corrected chi connectivity index (χ0v) is 10.8. The zero-order valence-electron chi connectivity index (χ0n) is 9.94. The highest BCUT2D eigenvalue weighted by Crippen LogP contribution is 2.19. The molecule has 0 atom stereocenters. The normalized spacial score (nSPS) is 9.94. The van der Waals surface area contributed by atoms with E-state index in [1.807, 2.05) is 6.07 Å². The maximum atomic E-state index is 5.57. The van der Waals surface area contributed by atoms with Gasteiger partial charge in [0, 0.05) is 6.07 Å². The second-order valence-electron chi connectivity index (χ2n) is 4.01. The molecule has 3 N–H and O–H groups in total. The van der Waals surface area contributed by atoms with Crippen molar-refractivity contribution in [3.63, 3.8) is 0 Å².